The molecule has 0 aromatic carbocycles. The van der Waals surface area contributed by atoms with Gasteiger partial charge in [-0.2, -0.15) is 24.4 Å². The van der Waals surface area contributed by atoms with Crippen molar-refractivity contribution in [2.45, 2.75) is 56.5 Å². The SMILES string of the molecule is CSCCC(N)C(=O)NC(CCC(N)=O)C(=O)NC(CS)C(=O)NC(C(=O)O)C(C)O. The smallest absolute Gasteiger partial charge is 0.328 e. The number of carbonyl (C=O) groups is 5. The molecule has 12 nitrogen and oxygen atoms in total. The lowest BCUT2D eigenvalue weighted by molar-refractivity contribution is -0.145. The number of carboxylic acids is 1. The summed E-state index contributed by atoms with van der Waals surface area (Å²) >= 11 is 5.48. The van der Waals surface area contributed by atoms with Crippen LogP contribution in [-0.2, 0) is 24.0 Å². The molecule has 0 rings (SSSR count). The maximum Gasteiger partial charge on any atom is 0.328 e. The second-order valence-electron chi connectivity index (χ2n) is 6.76. The molecule has 0 saturated heterocycles. The fourth-order valence-corrected chi connectivity index (χ4v) is 3.07. The molecule has 0 heterocycles. The quantitative estimate of drug-likeness (QED) is 0.113. The van der Waals surface area contributed by atoms with Gasteiger partial charge in [0.1, 0.15) is 12.1 Å². The highest BCUT2D eigenvalue weighted by molar-refractivity contribution is 7.98. The first kappa shape index (κ1) is 29.0. The number of carboxylic acid groups (broad SMARTS) is 1. The van der Waals surface area contributed by atoms with E-state index >= 15 is 0 Å². The zero-order chi connectivity index (χ0) is 24.1. The highest BCUT2D eigenvalue weighted by Crippen LogP contribution is 2.04. The molecule has 9 N–H and O–H groups in total. The summed E-state index contributed by atoms with van der Waals surface area (Å²) in [4.78, 5) is 59.5. The van der Waals surface area contributed by atoms with Crippen molar-refractivity contribution in [2.75, 3.05) is 17.8 Å². The predicted octanol–water partition coefficient (Wildman–Crippen LogP) is -2.82. The van der Waals surface area contributed by atoms with E-state index in [9.17, 15) is 29.1 Å². The Morgan fingerprint density at radius 3 is 2.00 bits per heavy atom. The number of thiol groups is 1. The molecule has 178 valence electrons. The number of thioether (sulfide) groups is 1. The average molecular weight is 482 g/mol. The van der Waals surface area contributed by atoms with E-state index in [1.54, 1.807) is 0 Å². The first-order valence-electron chi connectivity index (χ1n) is 9.40. The van der Waals surface area contributed by atoms with Crippen molar-refractivity contribution >= 4 is 54.0 Å². The number of carbonyl (C=O) groups excluding carboxylic acids is 4. The van der Waals surface area contributed by atoms with Gasteiger partial charge in [0.25, 0.3) is 0 Å². The van der Waals surface area contributed by atoms with Crippen LogP contribution in [0.1, 0.15) is 26.2 Å². The number of hydrogen-bond donors (Lipinski definition) is 8. The summed E-state index contributed by atoms with van der Waals surface area (Å²) in [7, 11) is 0. The Kier molecular flexibility index (Phi) is 13.9. The van der Waals surface area contributed by atoms with Crippen molar-refractivity contribution in [3.8, 4) is 0 Å². The van der Waals surface area contributed by atoms with Gasteiger partial charge in [-0.3, -0.25) is 19.2 Å². The van der Waals surface area contributed by atoms with E-state index in [0.29, 0.717) is 12.2 Å². The second kappa shape index (κ2) is 14.9. The molecule has 0 aliphatic heterocycles. The average Bonchev–Trinajstić information content (AvgIpc) is 2.69. The Balaban J connectivity index is 5.25. The summed E-state index contributed by atoms with van der Waals surface area (Å²) in [5.74, 6) is -4.03. The number of primary amides is 1. The van der Waals surface area contributed by atoms with E-state index in [-0.39, 0.29) is 18.6 Å². The van der Waals surface area contributed by atoms with E-state index in [4.69, 9.17) is 16.6 Å². The van der Waals surface area contributed by atoms with Crippen molar-refractivity contribution in [1.29, 1.82) is 0 Å². The van der Waals surface area contributed by atoms with E-state index in [1.807, 2.05) is 6.26 Å². The lowest BCUT2D eigenvalue weighted by Gasteiger charge is -2.25. The van der Waals surface area contributed by atoms with Crippen molar-refractivity contribution in [2.24, 2.45) is 11.5 Å². The molecule has 0 aliphatic carbocycles. The fourth-order valence-electron chi connectivity index (χ4n) is 2.32. The minimum atomic E-state index is -1.59. The highest BCUT2D eigenvalue weighted by Gasteiger charge is 2.31. The molecule has 0 aromatic heterocycles. The summed E-state index contributed by atoms with van der Waals surface area (Å²) in [5.41, 5.74) is 10.9. The molecular formula is C17H31N5O7S2. The number of aliphatic hydroxyl groups excluding tert-OH is 1. The largest absolute Gasteiger partial charge is 0.480 e. The topological polar surface area (TPSA) is 214 Å². The van der Waals surface area contributed by atoms with Crippen molar-refractivity contribution in [3.05, 3.63) is 0 Å². The number of rotatable bonds is 15. The van der Waals surface area contributed by atoms with Gasteiger partial charge in [-0.15, -0.1) is 0 Å². The van der Waals surface area contributed by atoms with Crippen LogP contribution < -0.4 is 27.4 Å². The number of nitrogens with two attached hydrogens (primary N) is 2. The monoisotopic (exact) mass is 481 g/mol. The molecule has 4 amide bonds. The van der Waals surface area contributed by atoms with Gasteiger partial charge in [0, 0.05) is 12.2 Å². The fraction of sp³-hybridized carbons (Fsp3) is 0.706. The summed E-state index contributed by atoms with van der Waals surface area (Å²) in [5, 5.41) is 25.4. The number of aliphatic hydroxyl groups is 1. The molecule has 0 fully saturated rings. The third-order valence-electron chi connectivity index (χ3n) is 4.14. The lowest BCUT2D eigenvalue weighted by atomic mass is 10.1. The van der Waals surface area contributed by atoms with Crippen LogP contribution >= 0.6 is 24.4 Å². The van der Waals surface area contributed by atoms with Gasteiger partial charge in [0.2, 0.25) is 23.6 Å². The summed E-state index contributed by atoms with van der Waals surface area (Å²) in [6.45, 7) is 1.18. The molecule has 0 bridgehead atoms. The molecule has 5 unspecified atom stereocenters. The van der Waals surface area contributed by atoms with Crippen LogP contribution in [-0.4, -0.2) is 87.8 Å². The molecular weight excluding hydrogens is 450 g/mol. The van der Waals surface area contributed by atoms with Crippen molar-refractivity contribution in [3.63, 3.8) is 0 Å². The van der Waals surface area contributed by atoms with Gasteiger partial charge in [-0.25, -0.2) is 4.79 Å². The zero-order valence-electron chi connectivity index (χ0n) is 17.4. The van der Waals surface area contributed by atoms with Crippen molar-refractivity contribution < 1.29 is 34.2 Å². The maximum absolute atomic E-state index is 12.7. The Morgan fingerprint density at radius 2 is 1.55 bits per heavy atom. The van der Waals surface area contributed by atoms with Crippen LogP contribution in [0.15, 0.2) is 0 Å². The zero-order valence-corrected chi connectivity index (χ0v) is 19.1. The minimum absolute atomic E-state index is 0.130. The minimum Gasteiger partial charge on any atom is -0.480 e. The molecule has 0 saturated carbocycles. The summed E-state index contributed by atoms with van der Waals surface area (Å²) in [6, 6.07) is -4.94. The summed E-state index contributed by atoms with van der Waals surface area (Å²) < 4.78 is 0. The standard InChI is InChI=1S/C17H31N5O7S2/c1-8(23)13(17(28)29)22-16(27)11(7-30)21-15(26)10(3-4-12(19)24)20-14(25)9(18)5-6-31-2/h8-11,13,23,30H,3-7,18H2,1-2H3,(H2,19,24)(H,20,25)(H,21,26)(H,22,27)(H,28,29). The highest BCUT2D eigenvalue weighted by atomic mass is 32.2. The lowest BCUT2D eigenvalue weighted by Crippen LogP contribution is -2.58. The Labute approximate surface area is 190 Å². The first-order valence-corrected chi connectivity index (χ1v) is 11.4. The molecule has 0 aromatic rings. The van der Waals surface area contributed by atoms with E-state index in [1.165, 1.54) is 18.7 Å². The van der Waals surface area contributed by atoms with Crippen LogP contribution in [0.5, 0.6) is 0 Å². The van der Waals surface area contributed by atoms with E-state index in [2.05, 4.69) is 28.6 Å². The molecule has 14 heteroatoms. The number of nitrogens with one attached hydrogen (secondary N) is 3. The molecule has 0 spiro atoms. The van der Waals surface area contributed by atoms with Crippen LogP contribution in [0.2, 0.25) is 0 Å². The van der Waals surface area contributed by atoms with Crippen LogP contribution in [0.25, 0.3) is 0 Å². The van der Waals surface area contributed by atoms with Gasteiger partial charge < -0.3 is 37.6 Å². The second-order valence-corrected chi connectivity index (χ2v) is 8.11. The Hall–Kier alpha value is -2.03. The molecule has 0 radical (unpaired) electrons. The molecule has 5 atom stereocenters. The van der Waals surface area contributed by atoms with Crippen LogP contribution in [0, 0.1) is 0 Å². The third-order valence-corrected chi connectivity index (χ3v) is 5.15. The molecule has 0 aliphatic rings. The summed E-state index contributed by atoms with van der Waals surface area (Å²) in [6.07, 6.45) is 0.494. The Bertz CT molecular complexity index is 650. The van der Waals surface area contributed by atoms with Gasteiger partial charge in [0.15, 0.2) is 6.04 Å². The molecule has 31 heavy (non-hydrogen) atoms. The number of aliphatic carboxylic acids is 1. The van der Waals surface area contributed by atoms with Gasteiger partial charge >= 0.3 is 5.97 Å². The van der Waals surface area contributed by atoms with E-state index in [0.717, 1.165) is 0 Å². The van der Waals surface area contributed by atoms with Crippen LogP contribution in [0.3, 0.4) is 0 Å². The predicted molar refractivity (Wildman–Crippen MR) is 118 cm³/mol. The maximum atomic E-state index is 12.7. The third kappa shape index (κ3) is 11.2. The number of amides is 4. The first-order chi connectivity index (χ1) is 14.4. The van der Waals surface area contributed by atoms with Crippen LogP contribution in [0.4, 0.5) is 0 Å². The normalized spacial score (nSPS) is 15.6. The van der Waals surface area contributed by atoms with E-state index < -0.39 is 59.9 Å². The number of hydrogen-bond acceptors (Lipinski definition) is 9. The Morgan fingerprint density at radius 1 is 1.00 bits per heavy atom. The van der Waals surface area contributed by atoms with Crippen molar-refractivity contribution in [1.82, 2.24) is 16.0 Å². The van der Waals surface area contributed by atoms with Gasteiger partial charge in [0.05, 0.1) is 12.1 Å². The van der Waals surface area contributed by atoms with Gasteiger partial charge in [-0.05, 0) is 31.8 Å². The van der Waals surface area contributed by atoms with Gasteiger partial charge in [-0.1, -0.05) is 0 Å².